The molecule has 0 spiro atoms. The van der Waals surface area contributed by atoms with Crippen molar-refractivity contribution >= 4 is 33.1 Å². The van der Waals surface area contributed by atoms with Crippen molar-refractivity contribution in [2.45, 2.75) is 19.6 Å². The minimum Gasteiger partial charge on any atom is -0.585 e. The van der Waals surface area contributed by atoms with E-state index in [1.807, 2.05) is 19.6 Å². The minimum atomic E-state index is -1.94. The van der Waals surface area contributed by atoms with E-state index in [2.05, 4.69) is 0 Å². The molecule has 0 aromatic heterocycles. The van der Waals surface area contributed by atoms with Gasteiger partial charge < -0.3 is 17.4 Å². The molecule has 0 saturated heterocycles. The average molecular weight is 222 g/mol. The summed E-state index contributed by atoms with van der Waals surface area (Å²) in [4.78, 5) is 0. The van der Waals surface area contributed by atoms with Crippen molar-refractivity contribution in [2.75, 3.05) is 6.79 Å². The van der Waals surface area contributed by atoms with Crippen LogP contribution in [0.15, 0.2) is 0 Å². The largest absolute Gasteiger partial charge is 0.585 e. The Morgan fingerprint density at radius 3 is 3.00 bits per heavy atom. The summed E-state index contributed by atoms with van der Waals surface area (Å²) in [5.41, 5.74) is 0. The minimum absolute atomic E-state index is 0.328. The third-order valence-corrected chi connectivity index (χ3v) is 6.83. The molecule has 7 heteroatoms. The fourth-order valence-electron chi connectivity index (χ4n) is 0.858. The molecular weight excluding hydrogens is 208 g/mol. The lowest BCUT2D eigenvalue weighted by Gasteiger charge is -2.23. The first-order chi connectivity index (χ1) is 5.60. The highest BCUT2D eigenvalue weighted by Gasteiger charge is 2.26. The highest BCUT2D eigenvalue weighted by molar-refractivity contribution is 6.75. The average Bonchev–Trinajstić information content (AvgIpc) is 1.99. The molecule has 4 nitrogen and oxygen atoms in total. The van der Waals surface area contributed by atoms with Crippen molar-refractivity contribution in [3.8, 4) is 0 Å². The van der Waals surface area contributed by atoms with Gasteiger partial charge in [-0.3, -0.25) is 0 Å². The fourth-order valence-corrected chi connectivity index (χ4v) is 6.38. The van der Waals surface area contributed by atoms with Crippen LogP contribution in [0.3, 0.4) is 0 Å². The fraction of sp³-hybridized carbons (Fsp3) is 0.800. The van der Waals surface area contributed by atoms with Gasteiger partial charge in [-0.15, -0.1) is 0 Å². The van der Waals surface area contributed by atoms with Crippen LogP contribution in [0.5, 0.6) is 0 Å². The maximum atomic E-state index is 5.74. The second kappa shape index (κ2) is 4.33. The lowest BCUT2D eigenvalue weighted by molar-refractivity contribution is 0.0879. The monoisotopic (exact) mass is 222 g/mol. The van der Waals surface area contributed by atoms with Crippen LogP contribution in [0.25, 0.3) is 0 Å². The molecular formula is C5H14O4Si3. The van der Waals surface area contributed by atoms with Gasteiger partial charge in [0, 0.05) is 0 Å². The topological polar surface area (TPSA) is 36.9 Å². The van der Waals surface area contributed by atoms with Crippen LogP contribution in [0.4, 0.5) is 0 Å². The predicted octanol–water partition coefficient (Wildman–Crippen LogP) is -0.313. The predicted molar refractivity (Wildman–Crippen MR) is 52.9 cm³/mol. The summed E-state index contributed by atoms with van der Waals surface area (Å²) in [6.07, 6.45) is 0. The van der Waals surface area contributed by atoms with E-state index < -0.39 is 27.2 Å². The Labute approximate surface area is 77.4 Å². The molecule has 0 unspecified atom stereocenters. The van der Waals surface area contributed by atoms with Crippen LogP contribution in [0.2, 0.25) is 19.6 Å². The second-order valence-electron chi connectivity index (χ2n) is 2.98. The molecule has 0 aromatic rings. The zero-order chi connectivity index (χ0) is 9.03. The van der Waals surface area contributed by atoms with Gasteiger partial charge in [-0.2, -0.15) is 0 Å². The molecule has 0 N–H and O–H groups in total. The molecule has 0 fully saturated rings. The first kappa shape index (κ1) is 10.1. The van der Waals surface area contributed by atoms with Crippen LogP contribution in [-0.4, -0.2) is 39.9 Å². The smallest absolute Gasteiger partial charge is 0.379 e. The van der Waals surface area contributed by atoms with Crippen LogP contribution in [-0.2, 0) is 17.4 Å². The van der Waals surface area contributed by atoms with Crippen LogP contribution >= 0.6 is 0 Å². The molecule has 1 aliphatic rings. The van der Waals surface area contributed by atoms with Crippen molar-refractivity contribution in [3.05, 3.63) is 0 Å². The Morgan fingerprint density at radius 1 is 1.50 bits per heavy atom. The highest BCUT2D eigenvalue weighted by Crippen LogP contribution is 2.06. The van der Waals surface area contributed by atoms with E-state index >= 15 is 0 Å². The molecule has 1 aliphatic heterocycles. The zero-order valence-electron chi connectivity index (χ0n) is 7.62. The summed E-state index contributed by atoms with van der Waals surface area (Å²) in [5.74, 6) is 1.79. The maximum Gasteiger partial charge on any atom is 0.379 e. The maximum absolute atomic E-state index is 5.74. The van der Waals surface area contributed by atoms with E-state index in [0.717, 1.165) is 0 Å². The van der Waals surface area contributed by atoms with Crippen molar-refractivity contribution in [3.63, 3.8) is 0 Å². The summed E-state index contributed by atoms with van der Waals surface area (Å²) in [6.45, 7) is 6.41. The van der Waals surface area contributed by atoms with Gasteiger partial charge in [0.1, 0.15) is 6.79 Å². The summed E-state index contributed by atoms with van der Waals surface area (Å²) in [5, 5.41) is 0. The Bertz CT molecular complexity index is 182. The van der Waals surface area contributed by atoms with Gasteiger partial charge in [-0.25, -0.2) is 0 Å². The molecule has 12 heavy (non-hydrogen) atoms. The summed E-state index contributed by atoms with van der Waals surface area (Å²) < 4.78 is 21.6. The third kappa shape index (κ3) is 3.63. The van der Waals surface area contributed by atoms with Crippen LogP contribution in [0, 0.1) is 0 Å². The first-order valence-corrected chi connectivity index (χ1v) is 9.75. The van der Waals surface area contributed by atoms with Gasteiger partial charge in [0.15, 0.2) is 0 Å². The van der Waals surface area contributed by atoms with Crippen molar-refractivity contribution in [1.82, 2.24) is 0 Å². The van der Waals surface area contributed by atoms with E-state index in [4.69, 9.17) is 17.4 Å². The molecule has 0 saturated carbocycles. The highest BCUT2D eigenvalue weighted by atomic mass is 28.4. The van der Waals surface area contributed by atoms with Crippen molar-refractivity contribution in [1.29, 1.82) is 0 Å². The molecule has 0 aromatic carbocycles. The molecule has 0 amide bonds. The molecule has 0 bridgehead atoms. The van der Waals surface area contributed by atoms with E-state index in [1.165, 1.54) is 0 Å². The molecule has 70 valence electrons. The van der Waals surface area contributed by atoms with E-state index in [-0.39, 0.29) is 0 Å². The zero-order valence-corrected chi connectivity index (χ0v) is 11.0. The third-order valence-electron chi connectivity index (χ3n) is 1.30. The van der Waals surface area contributed by atoms with Gasteiger partial charge >= 0.3 is 18.6 Å². The quantitative estimate of drug-likeness (QED) is 0.527. The molecule has 1 heterocycles. The Hall–Kier alpha value is 0.0406. The normalized spacial score (nSPS) is 25.8. The van der Waals surface area contributed by atoms with Crippen LogP contribution < -0.4 is 0 Å². The van der Waals surface area contributed by atoms with Gasteiger partial charge in [-0.1, -0.05) is 0 Å². The SMILES string of the molecule is C[Si]1=CO[SiH2]OCO[Si](C)(C)O1. The van der Waals surface area contributed by atoms with Gasteiger partial charge in [0.25, 0.3) is 0 Å². The number of hydrogen-bond donors (Lipinski definition) is 0. The van der Waals surface area contributed by atoms with E-state index in [1.54, 1.807) is 5.86 Å². The molecule has 0 radical (unpaired) electrons. The number of hydrogen-bond acceptors (Lipinski definition) is 4. The van der Waals surface area contributed by atoms with E-state index in [9.17, 15) is 0 Å². The lowest BCUT2D eigenvalue weighted by atomic mass is 11.6. The Balaban J connectivity index is 2.57. The lowest BCUT2D eigenvalue weighted by Crippen LogP contribution is -2.38. The second-order valence-corrected chi connectivity index (χ2v) is 9.32. The summed E-state index contributed by atoms with van der Waals surface area (Å²) in [7, 11) is -3.74. The molecule has 1 rings (SSSR count). The van der Waals surface area contributed by atoms with E-state index in [0.29, 0.717) is 6.79 Å². The first-order valence-electron chi connectivity index (χ1n) is 3.79. The number of rotatable bonds is 0. The van der Waals surface area contributed by atoms with Gasteiger partial charge in [0.05, 0.1) is 5.86 Å². The van der Waals surface area contributed by atoms with Crippen LogP contribution in [0.1, 0.15) is 0 Å². The Kier molecular flexibility index (Phi) is 3.65. The van der Waals surface area contributed by atoms with Crippen molar-refractivity contribution in [2.24, 2.45) is 0 Å². The van der Waals surface area contributed by atoms with Gasteiger partial charge in [0.2, 0.25) is 8.65 Å². The standard InChI is InChI=1S/C5H14O4Si3/c1-11-5-7-10-6-4-8-12(2,3)9-11/h5H,4,10H2,1-3H3. The summed E-state index contributed by atoms with van der Waals surface area (Å²) >= 11 is 0. The summed E-state index contributed by atoms with van der Waals surface area (Å²) in [6, 6.07) is 0. The molecule has 0 aliphatic carbocycles. The Morgan fingerprint density at radius 2 is 2.25 bits per heavy atom. The molecule has 0 atom stereocenters. The van der Waals surface area contributed by atoms with Crippen molar-refractivity contribution < 1.29 is 17.4 Å². The van der Waals surface area contributed by atoms with Gasteiger partial charge in [-0.05, 0) is 19.6 Å².